The van der Waals surface area contributed by atoms with Crippen LogP contribution in [-0.2, 0) is 10.3 Å². The van der Waals surface area contributed by atoms with Crippen molar-refractivity contribution >= 4 is 28.4 Å². The average Bonchev–Trinajstić information content (AvgIpc) is 2.29. The largest absolute Gasteiger partial charge is 0.383 e. The monoisotopic (exact) mass is 335 g/mol. The van der Waals surface area contributed by atoms with Crippen molar-refractivity contribution in [1.82, 2.24) is 9.97 Å². The second-order valence-electron chi connectivity index (χ2n) is 3.74. The normalized spacial score (nSPS) is 11.8. The van der Waals surface area contributed by atoms with E-state index in [0.29, 0.717) is 11.6 Å². The minimum absolute atomic E-state index is 0.413. The lowest BCUT2D eigenvalue weighted by molar-refractivity contribution is -0.0291. The molecule has 2 N–H and O–H groups in total. The molecule has 0 fully saturated rings. The van der Waals surface area contributed by atoms with Gasteiger partial charge in [-0.2, -0.15) is 0 Å². The highest BCUT2D eigenvalue weighted by Crippen LogP contribution is 2.31. The molecular formula is C11H18IN3O. The summed E-state index contributed by atoms with van der Waals surface area (Å²) in [6.07, 6.45) is 1.67. The van der Waals surface area contributed by atoms with E-state index in [4.69, 9.17) is 10.5 Å². The predicted molar refractivity (Wildman–Crippen MR) is 73.2 cm³/mol. The number of ether oxygens (including phenoxy) is 1. The molecule has 16 heavy (non-hydrogen) atoms. The topological polar surface area (TPSA) is 61.0 Å². The maximum absolute atomic E-state index is 5.87. The number of rotatable bonds is 4. The highest BCUT2D eigenvalue weighted by molar-refractivity contribution is 14.1. The van der Waals surface area contributed by atoms with Gasteiger partial charge in [0.25, 0.3) is 0 Å². The van der Waals surface area contributed by atoms with Crippen molar-refractivity contribution in [3.8, 4) is 0 Å². The highest BCUT2D eigenvalue weighted by Gasteiger charge is 2.32. The third-order valence-corrected chi connectivity index (χ3v) is 4.32. The Kier molecular flexibility index (Phi) is 4.49. The van der Waals surface area contributed by atoms with Crippen LogP contribution < -0.4 is 5.73 Å². The number of nitrogens with two attached hydrogens (primary N) is 1. The van der Waals surface area contributed by atoms with E-state index in [0.717, 1.165) is 22.1 Å². The number of aryl methyl sites for hydroxylation is 1. The van der Waals surface area contributed by atoms with Gasteiger partial charge in [0.05, 0.1) is 9.26 Å². The van der Waals surface area contributed by atoms with E-state index in [1.165, 1.54) is 0 Å². The molecule has 4 nitrogen and oxygen atoms in total. The Bertz CT molecular complexity index is 346. The van der Waals surface area contributed by atoms with Gasteiger partial charge in [-0.15, -0.1) is 0 Å². The van der Waals surface area contributed by atoms with Crippen molar-refractivity contribution in [3.05, 3.63) is 15.1 Å². The number of nitrogens with zero attached hydrogens (tertiary/aromatic N) is 2. The van der Waals surface area contributed by atoms with Crippen molar-refractivity contribution in [3.63, 3.8) is 0 Å². The van der Waals surface area contributed by atoms with Gasteiger partial charge >= 0.3 is 0 Å². The molecule has 0 spiro atoms. The summed E-state index contributed by atoms with van der Waals surface area (Å²) >= 11 is 2.16. The quantitative estimate of drug-likeness (QED) is 0.860. The molecule has 0 unspecified atom stereocenters. The van der Waals surface area contributed by atoms with E-state index in [1.807, 2.05) is 6.92 Å². The first-order valence-corrected chi connectivity index (χ1v) is 6.43. The van der Waals surface area contributed by atoms with Crippen LogP contribution in [0.1, 0.15) is 38.2 Å². The second kappa shape index (κ2) is 5.27. The fourth-order valence-electron chi connectivity index (χ4n) is 1.73. The predicted octanol–water partition coefficient (Wildman–Crippen LogP) is 2.63. The highest BCUT2D eigenvalue weighted by atomic mass is 127. The zero-order valence-electron chi connectivity index (χ0n) is 10.2. The Labute approximate surface area is 110 Å². The van der Waals surface area contributed by atoms with Gasteiger partial charge in [0, 0.05) is 7.11 Å². The number of hydrogen-bond donors (Lipinski definition) is 1. The molecule has 0 aromatic carbocycles. The SMILES string of the molecule is CCC(CC)(OC)c1nc(C)c(I)c(N)n1. The fraction of sp³-hybridized carbons (Fsp3) is 0.636. The molecule has 0 saturated heterocycles. The number of aromatic nitrogens is 2. The molecule has 1 heterocycles. The third-order valence-electron chi connectivity index (χ3n) is 2.98. The fourth-order valence-corrected chi connectivity index (χ4v) is 1.97. The number of anilines is 1. The summed E-state index contributed by atoms with van der Waals surface area (Å²) in [6, 6.07) is 0. The molecule has 1 rings (SSSR count). The van der Waals surface area contributed by atoms with Crippen molar-refractivity contribution in [2.45, 2.75) is 39.2 Å². The van der Waals surface area contributed by atoms with Gasteiger partial charge in [0.15, 0.2) is 5.82 Å². The van der Waals surface area contributed by atoms with Crippen molar-refractivity contribution < 1.29 is 4.74 Å². The van der Waals surface area contributed by atoms with E-state index in [2.05, 4.69) is 46.4 Å². The zero-order valence-corrected chi connectivity index (χ0v) is 12.3. The first-order chi connectivity index (χ1) is 7.50. The summed E-state index contributed by atoms with van der Waals surface area (Å²) < 4.78 is 6.50. The standard InChI is InChI=1S/C11H18IN3O/c1-5-11(6-2,16-4)10-14-7(3)8(12)9(13)15-10/h5-6H2,1-4H3,(H2,13,14,15). The molecule has 0 saturated carbocycles. The first-order valence-electron chi connectivity index (χ1n) is 5.36. The van der Waals surface area contributed by atoms with Gasteiger partial charge in [-0.05, 0) is 42.4 Å². The van der Waals surface area contributed by atoms with Gasteiger partial charge in [-0.3, -0.25) is 0 Å². The van der Waals surface area contributed by atoms with Gasteiger partial charge in [-0.25, -0.2) is 9.97 Å². The smallest absolute Gasteiger partial charge is 0.162 e. The lowest BCUT2D eigenvalue weighted by atomic mass is 9.96. The lowest BCUT2D eigenvalue weighted by Crippen LogP contribution is -2.30. The summed E-state index contributed by atoms with van der Waals surface area (Å²) in [5.41, 5.74) is 6.36. The van der Waals surface area contributed by atoms with Crippen LogP contribution in [0.3, 0.4) is 0 Å². The van der Waals surface area contributed by atoms with Crippen LogP contribution in [-0.4, -0.2) is 17.1 Å². The molecule has 0 aliphatic rings. The maximum atomic E-state index is 5.87. The molecule has 0 atom stereocenters. The van der Waals surface area contributed by atoms with Crippen LogP contribution in [0.4, 0.5) is 5.82 Å². The Morgan fingerprint density at radius 1 is 1.31 bits per heavy atom. The maximum Gasteiger partial charge on any atom is 0.162 e. The third kappa shape index (κ3) is 2.29. The average molecular weight is 335 g/mol. The van der Waals surface area contributed by atoms with Crippen molar-refractivity contribution in [2.24, 2.45) is 0 Å². The van der Waals surface area contributed by atoms with Gasteiger partial charge in [0.1, 0.15) is 11.4 Å². The first kappa shape index (κ1) is 13.6. The number of hydrogen-bond acceptors (Lipinski definition) is 4. The Balaban J connectivity index is 3.31. The van der Waals surface area contributed by atoms with Crippen LogP contribution in [0, 0.1) is 10.5 Å². The van der Waals surface area contributed by atoms with E-state index in [-0.39, 0.29) is 0 Å². The number of nitrogen functional groups attached to an aromatic ring is 1. The minimum Gasteiger partial charge on any atom is -0.383 e. The Morgan fingerprint density at radius 3 is 2.25 bits per heavy atom. The number of halogens is 1. The van der Waals surface area contributed by atoms with Crippen LogP contribution in [0.5, 0.6) is 0 Å². The molecule has 1 aromatic rings. The van der Waals surface area contributed by atoms with E-state index < -0.39 is 5.60 Å². The van der Waals surface area contributed by atoms with Gasteiger partial charge in [0.2, 0.25) is 0 Å². The molecule has 90 valence electrons. The number of methoxy groups -OCH3 is 1. The lowest BCUT2D eigenvalue weighted by Gasteiger charge is -2.28. The molecular weight excluding hydrogens is 317 g/mol. The van der Waals surface area contributed by atoms with Crippen molar-refractivity contribution in [2.75, 3.05) is 12.8 Å². The summed E-state index contributed by atoms with van der Waals surface area (Å²) in [4.78, 5) is 8.85. The molecule has 0 bridgehead atoms. The molecule has 0 aliphatic carbocycles. The van der Waals surface area contributed by atoms with Crippen molar-refractivity contribution in [1.29, 1.82) is 0 Å². The van der Waals surface area contributed by atoms with Gasteiger partial charge in [-0.1, -0.05) is 13.8 Å². The summed E-state index contributed by atoms with van der Waals surface area (Å²) in [7, 11) is 1.69. The van der Waals surface area contributed by atoms with Crippen LogP contribution in [0.2, 0.25) is 0 Å². The van der Waals surface area contributed by atoms with Gasteiger partial charge < -0.3 is 10.5 Å². The summed E-state index contributed by atoms with van der Waals surface area (Å²) in [5.74, 6) is 1.22. The van der Waals surface area contributed by atoms with E-state index >= 15 is 0 Å². The molecule has 1 aromatic heterocycles. The Morgan fingerprint density at radius 2 is 1.88 bits per heavy atom. The summed E-state index contributed by atoms with van der Waals surface area (Å²) in [5, 5.41) is 0. The van der Waals surface area contributed by atoms with Crippen LogP contribution >= 0.6 is 22.6 Å². The second-order valence-corrected chi connectivity index (χ2v) is 4.82. The molecule has 0 amide bonds. The minimum atomic E-state index is -0.413. The Hall–Kier alpha value is -0.430. The molecule has 5 heteroatoms. The molecule has 0 aliphatic heterocycles. The summed E-state index contributed by atoms with van der Waals surface area (Å²) in [6.45, 7) is 6.08. The van der Waals surface area contributed by atoms with E-state index in [9.17, 15) is 0 Å². The zero-order chi connectivity index (χ0) is 12.3. The van der Waals surface area contributed by atoms with Crippen LogP contribution in [0.15, 0.2) is 0 Å². The van der Waals surface area contributed by atoms with E-state index in [1.54, 1.807) is 7.11 Å². The molecule has 0 radical (unpaired) electrons. The van der Waals surface area contributed by atoms with Crippen LogP contribution in [0.25, 0.3) is 0 Å².